The highest BCUT2D eigenvalue weighted by Crippen LogP contribution is 2.20. The molecule has 1 aliphatic rings. The van der Waals surface area contributed by atoms with E-state index in [2.05, 4.69) is 6.92 Å². The van der Waals surface area contributed by atoms with E-state index in [1.807, 2.05) is 6.92 Å². The minimum Gasteiger partial charge on any atom is -0.212 e. The van der Waals surface area contributed by atoms with E-state index < -0.39 is 10.0 Å². The first kappa shape index (κ1) is 14.3. The Kier molecular flexibility index (Phi) is 5.54. The van der Waals surface area contributed by atoms with Crippen LogP contribution in [0.2, 0.25) is 0 Å². The minimum atomic E-state index is -3.09. The van der Waals surface area contributed by atoms with E-state index in [0.29, 0.717) is 24.9 Å². The number of hydrogen-bond acceptors (Lipinski definition) is 2. The van der Waals surface area contributed by atoms with Crippen LogP contribution in [0.25, 0.3) is 0 Å². The number of halogens is 1. The molecule has 0 aromatic carbocycles. The second-order valence-corrected chi connectivity index (χ2v) is 7.30. The number of nitrogens with zero attached hydrogens (tertiary/aromatic N) is 1. The average molecular weight is 268 g/mol. The summed E-state index contributed by atoms with van der Waals surface area (Å²) in [6.45, 7) is 5.43. The Morgan fingerprint density at radius 1 is 1.38 bits per heavy atom. The van der Waals surface area contributed by atoms with Crippen LogP contribution in [-0.4, -0.2) is 37.4 Å². The quantitative estimate of drug-likeness (QED) is 0.733. The maximum atomic E-state index is 12.1. The van der Waals surface area contributed by atoms with Crippen molar-refractivity contribution in [2.45, 2.75) is 33.1 Å². The van der Waals surface area contributed by atoms with Crippen LogP contribution in [0.15, 0.2) is 0 Å². The summed E-state index contributed by atoms with van der Waals surface area (Å²) in [6, 6.07) is 0. The lowest BCUT2D eigenvalue weighted by molar-refractivity contribution is 0.413. The molecule has 0 radical (unpaired) electrons. The number of sulfonamides is 1. The Morgan fingerprint density at radius 3 is 2.69 bits per heavy atom. The molecule has 0 N–H and O–H groups in total. The second-order valence-electron chi connectivity index (χ2n) is 4.97. The van der Waals surface area contributed by atoms with Gasteiger partial charge < -0.3 is 0 Å². The summed E-state index contributed by atoms with van der Waals surface area (Å²) in [7, 11) is -3.09. The smallest absolute Gasteiger partial charge is 0.212 e. The topological polar surface area (TPSA) is 37.4 Å². The van der Waals surface area contributed by atoms with E-state index in [4.69, 9.17) is 11.6 Å². The summed E-state index contributed by atoms with van der Waals surface area (Å²) < 4.78 is 25.8. The van der Waals surface area contributed by atoms with Gasteiger partial charge >= 0.3 is 0 Å². The Hall–Kier alpha value is 0.200. The molecule has 0 amide bonds. The van der Waals surface area contributed by atoms with Gasteiger partial charge in [-0.15, -0.1) is 11.6 Å². The van der Waals surface area contributed by atoms with E-state index in [9.17, 15) is 8.42 Å². The van der Waals surface area contributed by atoms with Crippen LogP contribution >= 0.6 is 11.6 Å². The van der Waals surface area contributed by atoms with E-state index in [1.54, 1.807) is 4.31 Å². The molecule has 16 heavy (non-hydrogen) atoms. The monoisotopic (exact) mass is 267 g/mol. The fraction of sp³-hybridized carbons (Fsp3) is 1.00. The molecule has 0 spiro atoms. The van der Waals surface area contributed by atoms with E-state index in [1.165, 1.54) is 0 Å². The highest BCUT2D eigenvalue weighted by molar-refractivity contribution is 7.89. The second kappa shape index (κ2) is 6.22. The largest absolute Gasteiger partial charge is 0.214 e. The van der Waals surface area contributed by atoms with Crippen molar-refractivity contribution in [3.63, 3.8) is 0 Å². The van der Waals surface area contributed by atoms with Gasteiger partial charge in [-0.2, -0.15) is 0 Å². The fourth-order valence-electron chi connectivity index (χ4n) is 2.02. The number of rotatable bonds is 4. The summed E-state index contributed by atoms with van der Waals surface area (Å²) in [4.78, 5) is 0. The van der Waals surface area contributed by atoms with E-state index >= 15 is 0 Å². The third-order valence-electron chi connectivity index (χ3n) is 3.13. The van der Waals surface area contributed by atoms with Gasteiger partial charge in [-0.3, -0.25) is 0 Å². The molecule has 0 saturated carbocycles. The Labute approximate surface area is 104 Å². The van der Waals surface area contributed by atoms with E-state index in [-0.39, 0.29) is 11.7 Å². The SMILES string of the molecule is CC1CCCN(S(=O)(=O)CC(C)CCl)CC1. The van der Waals surface area contributed by atoms with Crippen molar-refractivity contribution in [3.8, 4) is 0 Å². The van der Waals surface area contributed by atoms with Crippen LogP contribution in [0.4, 0.5) is 0 Å². The highest BCUT2D eigenvalue weighted by Gasteiger charge is 2.26. The molecule has 1 fully saturated rings. The Bertz CT molecular complexity index is 305. The van der Waals surface area contributed by atoms with E-state index in [0.717, 1.165) is 19.3 Å². The first-order valence-corrected chi connectivity index (χ1v) is 8.14. The van der Waals surface area contributed by atoms with Crippen LogP contribution in [0.3, 0.4) is 0 Å². The molecule has 96 valence electrons. The molecular weight excluding hydrogens is 246 g/mol. The van der Waals surface area contributed by atoms with Crippen LogP contribution < -0.4 is 0 Å². The lowest BCUT2D eigenvalue weighted by Gasteiger charge is -2.21. The number of hydrogen-bond donors (Lipinski definition) is 0. The third kappa shape index (κ3) is 4.22. The number of alkyl halides is 1. The maximum absolute atomic E-state index is 12.1. The molecule has 5 heteroatoms. The van der Waals surface area contributed by atoms with Crippen molar-refractivity contribution >= 4 is 21.6 Å². The molecule has 0 bridgehead atoms. The van der Waals surface area contributed by atoms with Crippen LogP contribution in [0.5, 0.6) is 0 Å². The first-order valence-electron chi connectivity index (χ1n) is 5.99. The van der Waals surface area contributed by atoms with Gasteiger partial charge in [0, 0.05) is 19.0 Å². The van der Waals surface area contributed by atoms with Crippen molar-refractivity contribution in [2.75, 3.05) is 24.7 Å². The van der Waals surface area contributed by atoms with Gasteiger partial charge in [0.25, 0.3) is 0 Å². The molecule has 3 nitrogen and oxygen atoms in total. The van der Waals surface area contributed by atoms with Crippen LogP contribution in [0.1, 0.15) is 33.1 Å². The normalized spacial score (nSPS) is 26.3. The summed E-state index contributed by atoms with van der Waals surface area (Å²) >= 11 is 5.67. The molecule has 1 aliphatic heterocycles. The van der Waals surface area contributed by atoms with Crippen molar-refractivity contribution in [1.82, 2.24) is 4.31 Å². The standard InChI is InChI=1S/C11H22ClNO2S/c1-10-4-3-6-13(7-5-10)16(14,15)9-11(2)8-12/h10-11H,3-9H2,1-2H3. The Balaban J connectivity index is 2.60. The molecule has 1 saturated heterocycles. The molecule has 0 aromatic rings. The van der Waals surface area contributed by atoms with Gasteiger partial charge in [0.15, 0.2) is 0 Å². The summed E-state index contributed by atoms with van der Waals surface area (Å²) in [6.07, 6.45) is 3.10. The van der Waals surface area contributed by atoms with Gasteiger partial charge in [0.2, 0.25) is 10.0 Å². The van der Waals surface area contributed by atoms with Gasteiger partial charge in [-0.1, -0.05) is 13.8 Å². The van der Waals surface area contributed by atoms with Crippen molar-refractivity contribution in [2.24, 2.45) is 11.8 Å². The predicted octanol–water partition coefficient (Wildman–Crippen LogP) is 2.31. The van der Waals surface area contributed by atoms with Gasteiger partial charge in [-0.05, 0) is 31.1 Å². The lowest BCUT2D eigenvalue weighted by atomic mass is 10.0. The van der Waals surface area contributed by atoms with Gasteiger partial charge in [0.05, 0.1) is 5.75 Å². The zero-order valence-corrected chi connectivity index (χ0v) is 11.7. The van der Waals surface area contributed by atoms with Gasteiger partial charge in [-0.25, -0.2) is 12.7 Å². The zero-order chi connectivity index (χ0) is 12.2. The molecule has 0 aliphatic carbocycles. The molecule has 1 rings (SSSR count). The molecule has 2 unspecified atom stereocenters. The zero-order valence-electron chi connectivity index (χ0n) is 10.2. The van der Waals surface area contributed by atoms with Crippen molar-refractivity contribution in [1.29, 1.82) is 0 Å². The third-order valence-corrected chi connectivity index (χ3v) is 5.80. The Morgan fingerprint density at radius 2 is 2.06 bits per heavy atom. The maximum Gasteiger partial charge on any atom is 0.214 e. The summed E-state index contributed by atoms with van der Waals surface area (Å²) in [5.74, 6) is 1.27. The lowest BCUT2D eigenvalue weighted by Crippen LogP contribution is -2.36. The molecule has 0 aromatic heterocycles. The summed E-state index contributed by atoms with van der Waals surface area (Å²) in [5, 5.41) is 0. The fourth-order valence-corrected chi connectivity index (χ4v) is 4.10. The predicted molar refractivity (Wildman–Crippen MR) is 68.3 cm³/mol. The van der Waals surface area contributed by atoms with Crippen LogP contribution in [-0.2, 0) is 10.0 Å². The van der Waals surface area contributed by atoms with Crippen molar-refractivity contribution < 1.29 is 8.42 Å². The first-order chi connectivity index (χ1) is 7.45. The molecule has 1 heterocycles. The molecule has 2 atom stereocenters. The molecular formula is C11H22ClNO2S. The minimum absolute atomic E-state index is 0.0346. The average Bonchev–Trinajstić information content (AvgIpc) is 2.42. The highest BCUT2D eigenvalue weighted by atomic mass is 35.5. The van der Waals surface area contributed by atoms with Crippen LogP contribution in [0, 0.1) is 11.8 Å². The summed E-state index contributed by atoms with van der Waals surface area (Å²) in [5.41, 5.74) is 0. The van der Waals surface area contributed by atoms with Gasteiger partial charge in [0.1, 0.15) is 0 Å². The van der Waals surface area contributed by atoms with Crippen molar-refractivity contribution in [3.05, 3.63) is 0 Å².